The lowest BCUT2D eigenvalue weighted by Crippen LogP contribution is -2.17. The molecule has 0 saturated heterocycles. The molecule has 6 N–H and O–H groups in total. The number of benzene rings is 6. The first-order chi connectivity index (χ1) is 32.2. The minimum atomic E-state index is -4.55. The highest BCUT2D eigenvalue weighted by Crippen LogP contribution is 2.45. The zero-order chi connectivity index (χ0) is 48.9. The topological polar surface area (TPSA) is 273 Å². The van der Waals surface area contributed by atoms with Crippen molar-refractivity contribution in [2.45, 2.75) is 35.5 Å². The molecule has 8 rings (SSSR count). The van der Waals surface area contributed by atoms with Gasteiger partial charge < -0.3 is 20.3 Å². The summed E-state index contributed by atoms with van der Waals surface area (Å²) in [6.45, 7) is 4.74. The highest BCUT2D eigenvalue weighted by molar-refractivity contribution is 7.93. The molecular weight excluding hydrogens is 1000 g/mol. The lowest BCUT2D eigenvalue weighted by molar-refractivity contribution is -0.114. The molecule has 0 spiro atoms. The van der Waals surface area contributed by atoms with Gasteiger partial charge in [-0.3, -0.25) is 19.0 Å². The number of halogens is 2. The van der Waals surface area contributed by atoms with E-state index in [1.807, 2.05) is 0 Å². The lowest BCUT2D eigenvalue weighted by Gasteiger charge is -2.16. The Hall–Kier alpha value is -7.02. The summed E-state index contributed by atoms with van der Waals surface area (Å²) in [5.41, 5.74) is 1.61. The van der Waals surface area contributed by atoms with Crippen LogP contribution < -0.4 is 24.2 Å². The van der Waals surface area contributed by atoms with Crippen LogP contribution in [0.1, 0.15) is 18.1 Å². The number of aromatic hydroxyl groups is 2. The Balaban J connectivity index is 1.10. The smallest absolute Gasteiger partial charge is 0.265 e. The summed E-state index contributed by atoms with van der Waals surface area (Å²) in [6.07, 6.45) is 1.41. The number of methoxy groups -OCH3 is 1. The molecule has 2 aromatic heterocycles. The molecule has 8 aromatic rings. The standard InChI is InChI=1S/C43H35Cl2N9O10S4/c1-22-15-32(36(56)16-23(22)2)53-68(62,63)39-17-25(13-14-37(39)64-4)51-67(60,61)38-19-29(44)35(18-30(38)45)54-42-28(21-46-54)43(65-50-42)49-48-33-20-34(47-24(3)55)41(57)27-11-8-12-31(40(27)33)52-66(58,59)26-9-6-5-7-10-26/h5-21,51-53,56-57H,1-4H3,(H,47,55). The average Bonchev–Trinajstić information content (AvgIpc) is 3.89. The van der Waals surface area contributed by atoms with Gasteiger partial charge in [0.2, 0.25) is 5.91 Å². The van der Waals surface area contributed by atoms with Gasteiger partial charge >= 0.3 is 0 Å². The summed E-state index contributed by atoms with van der Waals surface area (Å²) in [7, 11) is -11.9. The molecule has 350 valence electrons. The molecule has 2 heterocycles. The first-order valence-corrected chi connectivity index (χ1v) is 25.6. The zero-order valence-electron chi connectivity index (χ0n) is 35.6. The van der Waals surface area contributed by atoms with Gasteiger partial charge in [0.25, 0.3) is 30.1 Å². The summed E-state index contributed by atoms with van der Waals surface area (Å²) in [6, 6.07) is 22.3. The number of aromatic nitrogens is 3. The number of carbonyl (C=O) groups excluding carboxylic acids is 1. The van der Waals surface area contributed by atoms with Crippen LogP contribution in [0.4, 0.5) is 33.4 Å². The summed E-state index contributed by atoms with van der Waals surface area (Å²) in [4.78, 5) is 11.2. The lowest BCUT2D eigenvalue weighted by atomic mass is 10.0. The summed E-state index contributed by atoms with van der Waals surface area (Å²) in [5.74, 6) is -1.27. The van der Waals surface area contributed by atoms with Gasteiger partial charge in [-0.25, -0.2) is 29.9 Å². The molecular formula is C43H35Cl2N9O10S4. The molecule has 0 bridgehead atoms. The molecule has 0 aliphatic carbocycles. The molecule has 0 aliphatic heterocycles. The molecule has 0 aliphatic rings. The van der Waals surface area contributed by atoms with Crippen LogP contribution in [0.25, 0.3) is 27.5 Å². The SMILES string of the molecule is COc1ccc(NS(=O)(=O)c2cc(Cl)c(-n3ncc4c(N=Nc5cc(NC(C)=O)c(O)c6cccc(NS(=O)(=O)c7ccccc7)c56)snc43)cc2Cl)cc1S(=O)(=O)Nc1cc(C)c(C)cc1O. The normalized spacial score (nSPS) is 12.1. The Morgan fingerprint density at radius 3 is 2.16 bits per heavy atom. The zero-order valence-corrected chi connectivity index (χ0v) is 40.4. The average molecular weight is 1040 g/mol. The van der Waals surface area contributed by atoms with Gasteiger partial charge in [-0.15, -0.1) is 10.2 Å². The van der Waals surface area contributed by atoms with Crippen LogP contribution in [0.15, 0.2) is 128 Å². The van der Waals surface area contributed by atoms with Gasteiger partial charge in [0, 0.05) is 17.7 Å². The number of nitrogens with one attached hydrogen (secondary N) is 4. The number of aryl methyl sites for hydroxylation is 2. The maximum atomic E-state index is 13.8. The maximum absolute atomic E-state index is 13.8. The molecule has 6 aromatic carbocycles. The second-order valence-corrected chi connectivity index (χ2v) is 21.4. The van der Waals surface area contributed by atoms with E-state index < -0.39 is 45.8 Å². The molecule has 0 atom stereocenters. The van der Waals surface area contributed by atoms with Crippen LogP contribution in [0.5, 0.6) is 17.2 Å². The van der Waals surface area contributed by atoms with Gasteiger partial charge in [0.1, 0.15) is 27.0 Å². The van der Waals surface area contributed by atoms with Crippen molar-refractivity contribution in [3.05, 3.63) is 124 Å². The third-order valence-corrected chi connectivity index (χ3v) is 15.9. The molecule has 0 radical (unpaired) electrons. The van der Waals surface area contributed by atoms with E-state index in [2.05, 4.69) is 39.2 Å². The monoisotopic (exact) mass is 1040 g/mol. The number of sulfonamides is 3. The number of amides is 1. The predicted octanol–water partition coefficient (Wildman–Crippen LogP) is 9.75. The van der Waals surface area contributed by atoms with Crippen LogP contribution in [-0.4, -0.2) is 62.6 Å². The number of ether oxygens (including phenoxy) is 1. The Bertz CT molecular complexity index is 3740. The molecule has 0 saturated carbocycles. The Morgan fingerprint density at radius 2 is 1.44 bits per heavy atom. The summed E-state index contributed by atoms with van der Waals surface area (Å²) in [5, 5.41) is 37.9. The first-order valence-electron chi connectivity index (χ1n) is 19.6. The van der Waals surface area contributed by atoms with Crippen molar-refractivity contribution < 1.29 is 45.0 Å². The van der Waals surface area contributed by atoms with Gasteiger partial charge in [0.15, 0.2) is 10.6 Å². The largest absolute Gasteiger partial charge is 0.506 e. The maximum Gasteiger partial charge on any atom is 0.265 e. The fraction of sp³-hybridized carbons (Fsp3) is 0.0930. The Morgan fingerprint density at radius 1 is 0.735 bits per heavy atom. The molecule has 0 fully saturated rings. The van der Waals surface area contributed by atoms with Crippen LogP contribution in [0.2, 0.25) is 10.0 Å². The highest BCUT2D eigenvalue weighted by Gasteiger charge is 2.27. The van der Waals surface area contributed by atoms with E-state index in [1.165, 1.54) is 91.6 Å². The number of fused-ring (bicyclic) bond motifs is 2. The van der Waals surface area contributed by atoms with E-state index >= 15 is 0 Å². The molecule has 68 heavy (non-hydrogen) atoms. The number of phenols is 2. The quantitative estimate of drug-likeness (QED) is 0.0439. The van der Waals surface area contributed by atoms with Crippen molar-refractivity contribution in [1.82, 2.24) is 14.2 Å². The van der Waals surface area contributed by atoms with Crippen LogP contribution >= 0.6 is 34.7 Å². The third-order valence-electron chi connectivity index (χ3n) is 10.2. The van der Waals surface area contributed by atoms with Crippen molar-refractivity contribution in [2.24, 2.45) is 10.2 Å². The number of nitrogens with zero attached hydrogens (tertiary/aromatic N) is 5. The molecule has 25 heteroatoms. The second-order valence-electron chi connectivity index (χ2n) is 14.9. The van der Waals surface area contributed by atoms with E-state index in [-0.39, 0.29) is 87.7 Å². The number of azo groups is 1. The van der Waals surface area contributed by atoms with E-state index in [0.717, 1.165) is 29.2 Å². The minimum Gasteiger partial charge on any atom is -0.506 e. The van der Waals surface area contributed by atoms with Crippen molar-refractivity contribution >= 4 is 126 Å². The highest BCUT2D eigenvalue weighted by atomic mass is 35.5. The van der Waals surface area contributed by atoms with Gasteiger partial charge in [-0.05, 0) is 103 Å². The van der Waals surface area contributed by atoms with Gasteiger partial charge in [-0.2, -0.15) is 9.47 Å². The number of phenolic OH excluding ortho intramolecular Hbond substituents is 2. The van der Waals surface area contributed by atoms with Crippen LogP contribution in [-0.2, 0) is 34.9 Å². The number of hydrogen-bond acceptors (Lipinski definition) is 15. The van der Waals surface area contributed by atoms with Crippen molar-refractivity contribution in [1.29, 1.82) is 0 Å². The van der Waals surface area contributed by atoms with Crippen LogP contribution in [0, 0.1) is 13.8 Å². The predicted molar refractivity (Wildman–Crippen MR) is 260 cm³/mol. The number of hydrogen-bond donors (Lipinski definition) is 6. The second kappa shape index (κ2) is 18.2. The Labute approximate surface area is 402 Å². The van der Waals surface area contributed by atoms with E-state index in [0.29, 0.717) is 10.9 Å². The first kappa shape index (κ1) is 47.5. The van der Waals surface area contributed by atoms with Gasteiger partial charge in [0.05, 0.1) is 67.8 Å². The summed E-state index contributed by atoms with van der Waals surface area (Å²) >= 11 is 14.2. The van der Waals surface area contributed by atoms with E-state index in [1.54, 1.807) is 32.0 Å². The summed E-state index contributed by atoms with van der Waals surface area (Å²) < 4.78 is 99.8. The Kier molecular flexibility index (Phi) is 12.7. The van der Waals surface area contributed by atoms with E-state index in [4.69, 9.17) is 27.9 Å². The molecule has 1 amide bonds. The fourth-order valence-electron chi connectivity index (χ4n) is 6.89. The molecule has 19 nitrogen and oxygen atoms in total. The van der Waals surface area contributed by atoms with Crippen molar-refractivity contribution in [3.63, 3.8) is 0 Å². The van der Waals surface area contributed by atoms with Crippen LogP contribution in [0.3, 0.4) is 0 Å². The third kappa shape index (κ3) is 9.30. The number of anilines is 4. The number of carbonyl (C=O) groups is 1. The van der Waals surface area contributed by atoms with Crippen molar-refractivity contribution in [2.75, 3.05) is 26.6 Å². The van der Waals surface area contributed by atoms with Crippen molar-refractivity contribution in [3.8, 4) is 22.9 Å². The van der Waals surface area contributed by atoms with E-state index in [9.17, 15) is 40.3 Å². The fourth-order valence-corrected chi connectivity index (χ4v) is 11.8. The van der Waals surface area contributed by atoms with Gasteiger partial charge in [-0.1, -0.05) is 53.5 Å². The number of rotatable bonds is 14. The minimum absolute atomic E-state index is 0.0127. The molecule has 0 unspecified atom stereocenters.